The Kier molecular flexibility index (Phi) is 8.97. The second kappa shape index (κ2) is 11.9. The Morgan fingerprint density at radius 2 is 1.59 bits per heavy atom. The van der Waals surface area contributed by atoms with Crippen LogP contribution in [0.2, 0.25) is 10.0 Å². The highest BCUT2D eigenvalue weighted by atomic mass is 35.5. The summed E-state index contributed by atoms with van der Waals surface area (Å²) in [5, 5.41) is 3.51. The van der Waals surface area contributed by atoms with Crippen LogP contribution in [0.1, 0.15) is 22.3 Å². The fourth-order valence-electron chi connectivity index (χ4n) is 3.80. The first kappa shape index (κ1) is 25.6. The van der Waals surface area contributed by atoms with Gasteiger partial charge in [0, 0.05) is 20.0 Å². The third kappa shape index (κ3) is 6.99. The first-order chi connectivity index (χ1) is 16.3. The van der Waals surface area contributed by atoms with E-state index in [2.05, 4.69) is 5.32 Å². The number of likely N-dealkylation sites (N-methyl/N-ethyl adjacent to an activating group) is 1. The number of carbonyl (C=O) groups excluding carboxylic acids is 2. The van der Waals surface area contributed by atoms with Gasteiger partial charge in [-0.05, 0) is 60.4 Å². The quantitative estimate of drug-likeness (QED) is 0.431. The molecule has 34 heavy (non-hydrogen) atoms. The van der Waals surface area contributed by atoms with Crippen molar-refractivity contribution in [3.8, 4) is 5.75 Å². The minimum absolute atomic E-state index is 0.177. The van der Waals surface area contributed by atoms with E-state index in [0.29, 0.717) is 22.2 Å². The molecule has 1 unspecified atom stereocenters. The number of benzene rings is 3. The number of aryl methyl sites for hydroxylation is 2. The van der Waals surface area contributed by atoms with E-state index in [1.54, 1.807) is 25.2 Å². The van der Waals surface area contributed by atoms with Gasteiger partial charge in [-0.15, -0.1) is 0 Å². The smallest absolute Gasteiger partial charge is 0.261 e. The van der Waals surface area contributed by atoms with Crippen molar-refractivity contribution in [2.75, 3.05) is 13.7 Å². The van der Waals surface area contributed by atoms with Crippen LogP contribution in [0.3, 0.4) is 0 Å². The molecule has 0 aliphatic heterocycles. The lowest BCUT2D eigenvalue weighted by Crippen LogP contribution is -2.51. The Balaban J connectivity index is 1.90. The number of rotatable bonds is 9. The number of carbonyl (C=O) groups is 2. The van der Waals surface area contributed by atoms with E-state index < -0.39 is 6.04 Å². The maximum absolute atomic E-state index is 13.5. The standard InChI is InChI=1S/C27H28Cl2N2O3/c1-18-11-19(2)13-22(12-18)34-17-26(32)31(16-21-9-10-23(28)24(29)14-21)25(27(33)30-3)15-20-7-5-4-6-8-20/h4-14,25H,15-17H2,1-3H3,(H,30,33). The van der Waals surface area contributed by atoms with Crippen LogP contribution in [0.15, 0.2) is 66.7 Å². The van der Waals surface area contributed by atoms with Gasteiger partial charge < -0.3 is 15.0 Å². The van der Waals surface area contributed by atoms with Gasteiger partial charge in [-0.1, -0.05) is 65.7 Å². The summed E-state index contributed by atoms with van der Waals surface area (Å²) in [5.41, 5.74) is 3.79. The van der Waals surface area contributed by atoms with Crippen LogP contribution >= 0.6 is 23.2 Å². The average Bonchev–Trinajstić information content (AvgIpc) is 2.81. The molecular formula is C27H28Cl2N2O3. The van der Waals surface area contributed by atoms with E-state index in [1.807, 2.05) is 62.4 Å². The van der Waals surface area contributed by atoms with Crippen molar-refractivity contribution < 1.29 is 14.3 Å². The molecule has 0 heterocycles. The maximum Gasteiger partial charge on any atom is 0.261 e. The number of halogens is 2. The van der Waals surface area contributed by atoms with Crippen molar-refractivity contribution in [3.63, 3.8) is 0 Å². The number of hydrogen-bond donors (Lipinski definition) is 1. The van der Waals surface area contributed by atoms with Gasteiger partial charge in [0.05, 0.1) is 10.0 Å². The lowest BCUT2D eigenvalue weighted by Gasteiger charge is -2.31. The van der Waals surface area contributed by atoms with Crippen molar-refractivity contribution >= 4 is 35.0 Å². The van der Waals surface area contributed by atoms with Gasteiger partial charge in [-0.25, -0.2) is 0 Å². The maximum atomic E-state index is 13.5. The van der Waals surface area contributed by atoms with Crippen LogP contribution in [-0.4, -0.2) is 36.4 Å². The zero-order valence-electron chi connectivity index (χ0n) is 19.5. The van der Waals surface area contributed by atoms with Gasteiger partial charge >= 0.3 is 0 Å². The molecule has 0 saturated carbocycles. The van der Waals surface area contributed by atoms with Crippen molar-refractivity contribution in [2.24, 2.45) is 0 Å². The second-order valence-electron chi connectivity index (χ2n) is 8.20. The highest BCUT2D eigenvalue weighted by Crippen LogP contribution is 2.24. The average molecular weight is 499 g/mol. The minimum Gasteiger partial charge on any atom is -0.484 e. The van der Waals surface area contributed by atoms with Crippen molar-refractivity contribution in [1.29, 1.82) is 0 Å². The van der Waals surface area contributed by atoms with Crippen molar-refractivity contribution in [2.45, 2.75) is 32.9 Å². The molecule has 0 radical (unpaired) electrons. The van der Waals surface area contributed by atoms with Gasteiger partial charge in [0.2, 0.25) is 5.91 Å². The molecular weight excluding hydrogens is 471 g/mol. The lowest BCUT2D eigenvalue weighted by atomic mass is 10.0. The molecule has 0 saturated heterocycles. The number of hydrogen-bond acceptors (Lipinski definition) is 3. The summed E-state index contributed by atoms with van der Waals surface area (Å²) in [6, 6.07) is 19.8. The topological polar surface area (TPSA) is 58.6 Å². The predicted octanol–water partition coefficient (Wildman–Crippen LogP) is 5.38. The van der Waals surface area contributed by atoms with E-state index >= 15 is 0 Å². The Bertz CT molecular complexity index is 1130. The van der Waals surface area contributed by atoms with Crippen LogP contribution in [0.5, 0.6) is 5.75 Å². The molecule has 7 heteroatoms. The third-order valence-corrected chi connectivity index (χ3v) is 6.15. The molecule has 0 fully saturated rings. The van der Waals surface area contributed by atoms with Crippen LogP contribution in [-0.2, 0) is 22.6 Å². The number of nitrogens with one attached hydrogen (secondary N) is 1. The summed E-state index contributed by atoms with van der Waals surface area (Å²) in [6.45, 7) is 3.92. The number of nitrogens with zero attached hydrogens (tertiary/aromatic N) is 1. The largest absolute Gasteiger partial charge is 0.484 e. The molecule has 3 aromatic rings. The summed E-state index contributed by atoms with van der Waals surface area (Å²) in [4.78, 5) is 27.9. The molecule has 1 atom stereocenters. The number of ether oxygens (including phenoxy) is 1. The fourth-order valence-corrected chi connectivity index (χ4v) is 4.12. The Labute approximate surface area is 210 Å². The van der Waals surface area contributed by atoms with E-state index in [0.717, 1.165) is 22.3 Å². The van der Waals surface area contributed by atoms with Gasteiger partial charge in [0.15, 0.2) is 6.61 Å². The first-order valence-electron chi connectivity index (χ1n) is 11.0. The summed E-state index contributed by atoms with van der Waals surface area (Å²) in [7, 11) is 1.56. The van der Waals surface area contributed by atoms with Gasteiger partial charge in [-0.3, -0.25) is 9.59 Å². The van der Waals surface area contributed by atoms with Crippen LogP contribution in [0.4, 0.5) is 0 Å². The fraction of sp³-hybridized carbons (Fsp3) is 0.259. The summed E-state index contributed by atoms with van der Waals surface area (Å²) >= 11 is 12.3. The Morgan fingerprint density at radius 3 is 2.21 bits per heavy atom. The molecule has 0 aliphatic carbocycles. The first-order valence-corrected chi connectivity index (χ1v) is 11.7. The predicted molar refractivity (Wildman–Crippen MR) is 136 cm³/mol. The highest BCUT2D eigenvalue weighted by molar-refractivity contribution is 6.42. The van der Waals surface area contributed by atoms with Crippen molar-refractivity contribution in [1.82, 2.24) is 10.2 Å². The molecule has 3 aromatic carbocycles. The molecule has 0 aromatic heterocycles. The van der Waals surface area contributed by atoms with E-state index in [9.17, 15) is 9.59 Å². The third-order valence-electron chi connectivity index (χ3n) is 5.41. The summed E-state index contributed by atoms with van der Waals surface area (Å²) in [6.07, 6.45) is 0.358. The summed E-state index contributed by atoms with van der Waals surface area (Å²) < 4.78 is 5.83. The minimum atomic E-state index is -0.739. The Hall–Kier alpha value is -3.02. The summed E-state index contributed by atoms with van der Waals surface area (Å²) in [5.74, 6) is 0.0401. The zero-order chi connectivity index (χ0) is 24.7. The van der Waals surface area contributed by atoms with Crippen LogP contribution < -0.4 is 10.1 Å². The van der Waals surface area contributed by atoms with Gasteiger partial charge in [0.1, 0.15) is 11.8 Å². The van der Waals surface area contributed by atoms with E-state index in [4.69, 9.17) is 27.9 Å². The molecule has 0 spiro atoms. The molecule has 0 bridgehead atoms. The normalized spacial score (nSPS) is 11.6. The zero-order valence-corrected chi connectivity index (χ0v) is 21.0. The van der Waals surface area contributed by atoms with E-state index in [-0.39, 0.29) is 25.0 Å². The Morgan fingerprint density at radius 1 is 0.912 bits per heavy atom. The second-order valence-corrected chi connectivity index (χ2v) is 9.02. The van der Waals surface area contributed by atoms with Crippen LogP contribution in [0, 0.1) is 13.8 Å². The molecule has 178 valence electrons. The number of amides is 2. The lowest BCUT2D eigenvalue weighted by molar-refractivity contribution is -0.142. The van der Waals surface area contributed by atoms with Crippen LogP contribution in [0.25, 0.3) is 0 Å². The van der Waals surface area contributed by atoms with Crippen molar-refractivity contribution in [3.05, 3.63) is 99.0 Å². The molecule has 3 rings (SSSR count). The molecule has 1 N–H and O–H groups in total. The van der Waals surface area contributed by atoms with Gasteiger partial charge in [0.25, 0.3) is 5.91 Å². The highest BCUT2D eigenvalue weighted by Gasteiger charge is 2.30. The molecule has 5 nitrogen and oxygen atoms in total. The monoisotopic (exact) mass is 498 g/mol. The van der Waals surface area contributed by atoms with Gasteiger partial charge in [-0.2, -0.15) is 0 Å². The SMILES string of the molecule is CNC(=O)C(Cc1ccccc1)N(Cc1ccc(Cl)c(Cl)c1)C(=O)COc1cc(C)cc(C)c1. The molecule has 0 aliphatic rings. The van der Waals surface area contributed by atoms with E-state index in [1.165, 1.54) is 4.90 Å². The molecule has 2 amide bonds.